The fourth-order valence-electron chi connectivity index (χ4n) is 1.85. The Morgan fingerprint density at radius 3 is 2.76 bits per heavy atom. The van der Waals surface area contributed by atoms with E-state index >= 15 is 0 Å². The number of nitrogens with two attached hydrogens (primary N) is 1. The van der Waals surface area contributed by atoms with Gasteiger partial charge in [0.25, 0.3) is 5.69 Å². The second kappa shape index (κ2) is 6.02. The van der Waals surface area contributed by atoms with Gasteiger partial charge >= 0.3 is 0 Å². The van der Waals surface area contributed by atoms with Crippen molar-refractivity contribution in [1.82, 2.24) is 4.98 Å². The zero-order valence-electron chi connectivity index (χ0n) is 10.9. The Kier molecular flexibility index (Phi) is 4.34. The first-order chi connectivity index (χ1) is 9.88. The average molecular weight is 311 g/mol. The molecular weight excluding hydrogens is 298 g/mol. The molecular formula is C12H13N3O5S. The smallest absolute Gasteiger partial charge is 0.279 e. The second-order valence-corrected chi connectivity index (χ2v) is 6.04. The highest BCUT2D eigenvalue weighted by Gasteiger charge is 2.15. The molecule has 9 heteroatoms. The molecule has 2 N–H and O–H groups in total. The number of sulfonamides is 1. The molecule has 0 saturated carbocycles. The molecule has 0 unspecified atom stereocenters. The predicted octanol–water partition coefficient (Wildman–Crippen LogP) is 1.20. The first kappa shape index (κ1) is 15.1. The lowest BCUT2D eigenvalue weighted by molar-refractivity contribution is -0.383. The van der Waals surface area contributed by atoms with Gasteiger partial charge < -0.3 is 4.74 Å². The maximum atomic E-state index is 11.0. The number of nitro benzene ring substituents is 1. The van der Waals surface area contributed by atoms with Crippen molar-refractivity contribution in [2.45, 2.75) is 6.42 Å². The zero-order chi connectivity index (χ0) is 15.5. The van der Waals surface area contributed by atoms with Crippen LogP contribution in [0.15, 0.2) is 30.5 Å². The van der Waals surface area contributed by atoms with E-state index in [4.69, 9.17) is 9.88 Å². The summed E-state index contributed by atoms with van der Waals surface area (Å²) in [5.74, 6) is 0.177. The molecule has 0 aliphatic rings. The zero-order valence-corrected chi connectivity index (χ0v) is 11.7. The molecule has 0 fully saturated rings. The predicted molar refractivity (Wildman–Crippen MR) is 76.5 cm³/mol. The molecule has 0 aliphatic heterocycles. The van der Waals surface area contributed by atoms with Crippen LogP contribution in [0.3, 0.4) is 0 Å². The molecule has 2 rings (SSSR count). The Morgan fingerprint density at radius 2 is 2.10 bits per heavy atom. The Morgan fingerprint density at radius 1 is 1.33 bits per heavy atom. The fourth-order valence-corrected chi connectivity index (χ4v) is 2.37. The molecule has 0 aliphatic carbocycles. The molecule has 0 bridgehead atoms. The molecule has 1 aromatic carbocycles. The topological polar surface area (TPSA) is 125 Å². The minimum Gasteiger partial charge on any atom is -0.491 e. The Labute approximate surface area is 120 Å². The molecule has 0 radical (unpaired) electrons. The Bertz CT molecular complexity index is 776. The number of nitrogens with zero attached hydrogens (tertiary/aromatic N) is 2. The molecule has 0 spiro atoms. The number of primary sulfonamides is 1. The van der Waals surface area contributed by atoms with E-state index in [1.165, 1.54) is 18.3 Å². The molecule has 2 aromatic rings. The highest BCUT2D eigenvalue weighted by atomic mass is 32.2. The van der Waals surface area contributed by atoms with Crippen LogP contribution < -0.4 is 9.88 Å². The number of hydrogen-bond acceptors (Lipinski definition) is 6. The lowest BCUT2D eigenvalue weighted by Gasteiger charge is -2.08. The summed E-state index contributed by atoms with van der Waals surface area (Å²) in [5.41, 5.74) is 0.303. The van der Waals surface area contributed by atoms with Gasteiger partial charge in [0.05, 0.1) is 22.7 Å². The van der Waals surface area contributed by atoms with Gasteiger partial charge in [-0.2, -0.15) is 0 Å². The minimum absolute atomic E-state index is 0.0602. The largest absolute Gasteiger partial charge is 0.491 e. The third-order valence-corrected chi connectivity index (χ3v) is 3.59. The monoisotopic (exact) mass is 311 g/mol. The molecule has 8 nitrogen and oxygen atoms in total. The fraction of sp³-hybridized carbons (Fsp3) is 0.250. The van der Waals surface area contributed by atoms with E-state index in [1.807, 2.05) is 0 Å². The number of fused-ring (bicyclic) bond motifs is 1. The summed E-state index contributed by atoms with van der Waals surface area (Å²) in [6.07, 6.45) is 1.73. The summed E-state index contributed by atoms with van der Waals surface area (Å²) in [4.78, 5) is 14.5. The number of benzene rings is 1. The van der Waals surface area contributed by atoms with Crippen molar-refractivity contribution in [2.24, 2.45) is 5.14 Å². The highest BCUT2D eigenvalue weighted by Crippen LogP contribution is 2.31. The van der Waals surface area contributed by atoms with Crippen molar-refractivity contribution >= 4 is 26.6 Å². The van der Waals surface area contributed by atoms with Crippen LogP contribution in [0.2, 0.25) is 0 Å². The van der Waals surface area contributed by atoms with Crippen LogP contribution in [0.5, 0.6) is 5.75 Å². The summed E-state index contributed by atoms with van der Waals surface area (Å²) in [6, 6.07) is 5.96. The summed E-state index contributed by atoms with van der Waals surface area (Å²) < 4.78 is 27.1. The first-order valence-corrected chi connectivity index (χ1v) is 7.75. The molecule has 21 heavy (non-hydrogen) atoms. The van der Waals surface area contributed by atoms with Crippen molar-refractivity contribution in [3.8, 4) is 5.75 Å². The Balaban J connectivity index is 2.22. The summed E-state index contributed by atoms with van der Waals surface area (Å²) in [6.45, 7) is 0.125. The number of pyridine rings is 1. The van der Waals surface area contributed by atoms with Crippen molar-refractivity contribution in [3.05, 3.63) is 40.6 Å². The van der Waals surface area contributed by atoms with E-state index in [9.17, 15) is 18.5 Å². The standard InChI is InChI=1S/C12H13N3O5S/c13-21(18,19)8-2-7-20-11-5-4-10(15(16)17)9-3-1-6-14-12(9)11/h1,3-6H,2,7-8H2,(H2,13,18,19). The maximum Gasteiger partial charge on any atom is 0.279 e. The Hall–Kier alpha value is -2.26. The van der Waals surface area contributed by atoms with E-state index in [0.29, 0.717) is 16.7 Å². The number of hydrogen-bond donors (Lipinski definition) is 1. The minimum atomic E-state index is -3.52. The number of aromatic nitrogens is 1. The van der Waals surface area contributed by atoms with Gasteiger partial charge in [0.15, 0.2) is 0 Å². The van der Waals surface area contributed by atoms with Gasteiger partial charge in [-0.05, 0) is 24.6 Å². The van der Waals surface area contributed by atoms with E-state index in [2.05, 4.69) is 4.98 Å². The average Bonchev–Trinajstić information content (AvgIpc) is 2.42. The van der Waals surface area contributed by atoms with Gasteiger partial charge in [0, 0.05) is 12.3 Å². The van der Waals surface area contributed by atoms with Crippen LogP contribution in [0.1, 0.15) is 6.42 Å². The van der Waals surface area contributed by atoms with Gasteiger partial charge in [-0.3, -0.25) is 15.1 Å². The van der Waals surface area contributed by atoms with Gasteiger partial charge in [-0.25, -0.2) is 13.6 Å². The molecule has 0 saturated heterocycles. The lowest BCUT2D eigenvalue weighted by atomic mass is 10.1. The summed E-state index contributed by atoms with van der Waals surface area (Å²) in [7, 11) is -3.52. The quantitative estimate of drug-likeness (QED) is 0.485. The van der Waals surface area contributed by atoms with Crippen LogP contribution >= 0.6 is 0 Å². The van der Waals surface area contributed by atoms with Crippen molar-refractivity contribution in [3.63, 3.8) is 0 Å². The lowest BCUT2D eigenvalue weighted by Crippen LogP contribution is -2.18. The van der Waals surface area contributed by atoms with E-state index in [1.54, 1.807) is 12.1 Å². The number of nitro groups is 1. The third kappa shape index (κ3) is 3.86. The van der Waals surface area contributed by atoms with Crippen LogP contribution in [-0.2, 0) is 10.0 Å². The van der Waals surface area contributed by atoms with Crippen LogP contribution in [0.4, 0.5) is 5.69 Å². The summed E-state index contributed by atoms with van der Waals surface area (Å²) in [5, 5.41) is 16.2. The van der Waals surface area contributed by atoms with Gasteiger partial charge in [-0.15, -0.1) is 0 Å². The van der Waals surface area contributed by atoms with E-state index in [-0.39, 0.29) is 24.5 Å². The van der Waals surface area contributed by atoms with E-state index < -0.39 is 14.9 Å². The van der Waals surface area contributed by atoms with Gasteiger partial charge in [0.1, 0.15) is 11.3 Å². The van der Waals surface area contributed by atoms with Crippen LogP contribution in [0.25, 0.3) is 10.9 Å². The van der Waals surface area contributed by atoms with Crippen molar-refractivity contribution < 1.29 is 18.1 Å². The van der Waals surface area contributed by atoms with E-state index in [0.717, 1.165) is 0 Å². The van der Waals surface area contributed by atoms with Crippen LogP contribution in [0, 0.1) is 10.1 Å². The van der Waals surface area contributed by atoms with Gasteiger partial charge in [-0.1, -0.05) is 0 Å². The number of non-ortho nitro benzene ring substituents is 1. The number of rotatable bonds is 6. The molecule has 1 aromatic heterocycles. The molecule has 0 atom stereocenters. The second-order valence-electron chi connectivity index (χ2n) is 4.31. The van der Waals surface area contributed by atoms with Crippen molar-refractivity contribution in [1.29, 1.82) is 0 Å². The van der Waals surface area contributed by atoms with Crippen molar-refractivity contribution in [2.75, 3.05) is 12.4 Å². The van der Waals surface area contributed by atoms with Crippen LogP contribution in [-0.4, -0.2) is 30.7 Å². The highest BCUT2D eigenvalue weighted by molar-refractivity contribution is 7.89. The summed E-state index contributed by atoms with van der Waals surface area (Å²) >= 11 is 0. The molecule has 0 amide bonds. The first-order valence-electron chi connectivity index (χ1n) is 6.04. The number of ether oxygens (including phenoxy) is 1. The molecule has 112 valence electrons. The maximum absolute atomic E-state index is 11.0. The SMILES string of the molecule is NS(=O)(=O)CCCOc1ccc([N+](=O)[O-])c2cccnc12. The van der Waals surface area contributed by atoms with Gasteiger partial charge in [0.2, 0.25) is 10.0 Å². The normalized spacial score (nSPS) is 11.5. The third-order valence-electron chi connectivity index (χ3n) is 2.74. The molecule has 1 heterocycles.